The SMILES string of the molecule is COC(CN(Cc1ccccc1)c1ccc(C)cc1)OC. The van der Waals surface area contributed by atoms with Crippen molar-refractivity contribution in [3.63, 3.8) is 0 Å². The molecule has 0 saturated heterocycles. The summed E-state index contributed by atoms with van der Waals surface area (Å²) in [5.74, 6) is 0. The summed E-state index contributed by atoms with van der Waals surface area (Å²) in [4.78, 5) is 2.27. The Morgan fingerprint density at radius 2 is 1.52 bits per heavy atom. The maximum atomic E-state index is 5.35. The van der Waals surface area contributed by atoms with Crippen molar-refractivity contribution in [1.82, 2.24) is 0 Å². The molecule has 0 bridgehead atoms. The van der Waals surface area contributed by atoms with Gasteiger partial charge in [0.2, 0.25) is 0 Å². The van der Waals surface area contributed by atoms with Gasteiger partial charge in [-0.15, -0.1) is 0 Å². The number of hydrogen-bond donors (Lipinski definition) is 0. The van der Waals surface area contributed by atoms with Gasteiger partial charge in [-0.1, -0.05) is 48.0 Å². The smallest absolute Gasteiger partial charge is 0.174 e. The van der Waals surface area contributed by atoms with Gasteiger partial charge in [-0.2, -0.15) is 0 Å². The minimum Gasteiger partial charge on any atom is -0.362 e. The van der Waals surface area contributed by atoms with E-state index in [1.54, 1.807) is 14.2 Å². The molecule has 2 aromatic carbocycles. The van der Waals surface area contributed by atoms with E-state index in [-0.39, 0.29) is 6.29 Å². The topological polar surface area (TPSA) is 21.7 Å². The Kier molecular flexibility index (Phi) is 5.78. The van der Waals surface area contributed by atoms with Crippen LogP contribution in [0.3, 0.4) is 0 Å². The molecule has 0 aromatic heterocycles. The average molecular weight is 285 g/mol. The Labute approximate surface area is 127 Å². The van der Waals surface area contributed by atoms with Crippen LogP contribution >= 0.6 is 0 Å². The molecule has 0 fully saturated rings. The lowest BCUT2D eigenvalue weighted by Gasteiger charge is -2.28. The lowest BCUT2D eigenvalue weighted by molar-refractivity contribution is -0.0951. The number of anilines is 1. The van der Waals surface area contributed by atoms with Gasteiger partial charge in [0.05, 0.1) is 6.54 Å². The van der Waals surface area contributed by atoms with Crippen LogP contribution in [0.4, 0.5) is 5.69 Å². The van der Waals surface area contributed by atoms with Crippen LogP contribution in [0.5, 0.6) is 0 Å². The lowest BCUT2D eigenvalue weighted by atomic mass is 10.1. The van der Waals surface area contributed by atoms with E-state index < -0.39 is 0 Å². The third-order valence-electron chi connectivity index (χ3n) is 3.51. The number of ether oxygens (including phenoxy) is 2. The zero-order valence-corrected chi connectivity index (χ0v) is 13.0. The molecule has 2 rings (SSSR count). The third kappa shape index (κ3) is 4.59. The molecule has 0 N–H and O–H groups in total. The van der Waals surface area contributed by atoms with Crippen molar-refractivity contribution in [3.05, 3.63) is 65.7 Å². The third-order valence-corrected chi connectivity index (χ3v) is 3.51. The first-order valence-electron chi connectivity index (χ1n) is 7.14. The van der Waals surface area contributed by atoms with Gasteiger partial charge < -0.3 is 14.4 Å². The Morgan fingerprint density at radius 1 is 0.905 bits per heavy atom. The lowest BCUT2D eigenvalue weighted by Crippen LogP contribution is -2.34. The summed E-state index contributed by atoms with van der Waals surface area (Å²) in [5, 5.41) is 0. The van der Waals surface area contributed by atoms with Crippen molar-refractivity contribution in [2.24, 2.45) is 0 Å². The van der Waals surface area contributed by atoms with Gasteiger partial charge in [-0.25, -0.2) is 0 Å². The Morgan fingerprint density at radius 3 is 2.10 bits per heavy atom. The summed E-state index contributed by atoms with van der Waals surface area (Å²) < 4.78 is 10.7. The molecular formula is C18H23NO2. The molecule has 0 radical (unpaired) electrons. The number of hydrogen-bond acceptors (Lipinski definition) is 3. The van der Waals surface area contributed by atoms with Gasteiger partial charge in [0, 0.05) is 26.5 Å². The quantitative estimate of drug-likeness (QED) is 0.725. The van der Waals surface area contributed by atoms with Crippen LogP contribution < -0.4 is 4.90 Å². The maximum Gasteiger partial charge on any atom is 0.174 e. The first-order valence-corrected chi connectivity index (χ1v) is 7.14. The van der Waals surface area contributed by atoms with Crippen molar-refractivity contribution < 1.29 is 9.47 Å². The molecular weight excluding hydrogens is 262 g/mol. The molecule has 3 nitrogen and oxygen atoms in total. The van der Waals surface area contributed by atoms with Crippen LogP contribution in [-0.4, -0.2) is 27.1 Å². The zero-order chi connectivity index (χ0) is 15.1. The fourth-order valence-electron chi connectivity index (χ4n) is 2.25. The monoisotopic (exact) mass is 285 g/mol. The van der Waals surface area contributed by atoms with Crippen molar-refractivity contribution in [1.29, 1.82) is 0 Å². The second kappa shape index (κ2) is 7.81. The second-order valence-electron chi connectivity index (χ2n) is 5.10. The number of aryl methyl sites for hydroxylation is 1. The molecule has 0 atom stereocenters. The molecule has 0 heterocycles. The molecule has 0 aliphatic rings. The summed E-state index contributed by atoms with van der Waals surface area (Å²) in [6.45, 7) is 3.61. The first-order chi connectivity index (χ1) is 10.2. The van der Waals surface area contributed by atoms with Gasteiger partial charge >= 0.3 is 0 Å². The number of nitrogens with zero attached hydrogens (tertiary/aromatic N) is 1. The summed E-state index contributed by atoms with van der Waals surface area (Å²) in [5.41, 5.74) is 3.70. The summed E-state index contributed by atoms with van der Waals surface area (Å²) in [6, 6.07) is 19.0. The summed E-state index contributed by atoms with van der Waals surface area (Å²) >= 11 is 0. The van der Waals surface area contributed by atoms with Crippen molar-refractivity contribution in [2.75, 3.05) is 25.7 Å². The van der Waals surface area contributed by atoms with Crippen LogP contribution in [0.15, 0.2) is 54.6 Å². The van der Waals surface area contributed by atoms with E-state index in [2.05, 4.69) is 60.4 Å². The molecule has 112 valence electrons. The first kappa shape index (κ1) is 15.5. The van der Waals surface area contributed by atoms with Crippen molar-refractivity contribution in [3.8, 4) is 0 Å². The molecule has 0 amide bonds. The molecule has 3 heteroatoms. The van der Waals surface area contributed by atoms with Crippen LogP contribution in [-0.2, 0) is 16.0 Å². The highest BCUT2D eigenvalue weighted by atomic mass is 16.7. The molecule has 21 heavy (non-hydrogen) atoms. The molecule has 0 aliphatic heterocycles. The Balaban J connectivity index is 2.19. The maximum absolute atomic E-state index is 5.35. The molecule has 0 saturated carbocycles. The van der Waals surface area contributed by atoms with Crippen LogP contribution in [0.25, 0.3) is 0 Å². The minimum absolute atomic E-state index is 0.241. The van der Waals surface area contributed by atoms with E-state index >= 15 is 0 Å². The highest BCUT2D eigenvalue weighted by Gasteiger charge is 2.14. The predicted octanol–water partition coefficient (Wildman–Crippen LogP) is 3.62. The number of methoxy groups -OCH3 is 2. The van der Waals surface area contributed by atoms with Crippen LogP contribution in [0.2, 0.25) is 0 Å². The van der Waals surface area contributed by atoms with E-state index in [1.165, 1.54) is 16.8 Å². The normalized spacial score (nSPS) is 10.9. The van der Waals surface area contributed by atoms with Gasteiger partial charge in [-0.05, 0) is 24.6 Å². The van der Waals surface area contributed by atoms with E-state index in [0.717, 1.165) is 6.54 Å². The van der Waals surface area contributed by atoms with Crippen LogP contribution in [0.1, 0.15) is 11.1 Å². The van der Waals surface area contributed by atoms with E-state index in [1.807, 2.05) is 6.07 Å². The van der Waals surface area contributed by atoms with Crippen molar-refractivity contribution >= 4 is 5.69 Å². The fraction of sp³-hybridized carbons (Fsp3) is 0.333. The highest BCUT2D eigenvalue weighted by molar-refractivity contribution is 5.48. The van der Waals surface area contributed by atoms with Gasteiger partial charge in [0.15, 0.2) is 6.29 Å². The standard InChI is InChI=1S/C18H23NO2/c1-15-9-11-17(12-10-15)19(14-18(20-2)21-3)13-16-7-5-4-6-8-16/h4-12,18H,13-14H2,1-3H3. The minimum atomic E-state index is -0.241. The van der Waals surface area contributed by atoms with Gasteiger partial charge in [0.25, 0.3) is 0 Å². The highest BCUT2D eigenvalue weighted by Crippen LogP contribution is 2.19. The molecule has 0 unspecified atom stereocenters. The summed E-state index contributed by atoms with van der Waals surface area (Å²) in [7, 11) is 3.34. The number of rotatable bonds is 7. The van der Waals surface area contributed by atoms with E-state index in [0.29, 0.717) is 6.54 Å². The van der Waals surface area contributed by atoms with Gasteiger partial charge in [-0.3, -0.25) is 0 Å². The number of benzene rings is 2. The molecule has 0 aliphatic carbocycles. The predicted molar refractivity (Wildman–Crippen MR) is 86.5 cm³/mol. The molecule has 2 aromatic rings. The van der Waals surface area contributed by atoms with Crippen molar-refractivity contribution in [2.45, 2.75) is 19.8 Å². The average Bonchev–Trinajstić information content (AvgIpc) is 2.53. The van der Waals surface area contributed by atoms with E-state index in [9.17, 15) is 0 Å². The fourth-order valence-corrected chi connectivity index (χ4v) is 2.25. The van der Waals surface area contributed by atoms with Crippen LogP contribution in [0, 0.1) is 6.92 Å². The Bertz CT molecular complexity index is 521. The molecule has 0 spiro atoms. The Hall–Kier alpha value is -1.84. The largest absolute Gasteiger partial charge is 0.362 e. The zero-order valence-electron chi connectivity index (χ0n) is 13.0. The van der Waals surface area contributed by atoms with E-state index in [4.69, 9.17) is 9.47 Å². The second-order valence-corrected chi connectivity index (χ2v) is 5.10. The van der Waals surface area contributed by atoms with Gasteiger partial charge in [0.1, 0.15) is 0 Å². The summed E-state index contributed by atoms with van der Waals surface area (Å²) in [6.07, 6.45) is -0.241.